The van der Waals surface area contributed by atoms with E-state index in [2.05, 4.69) is 153 Å². The van der Waals surface area contributed by atoms with Crippen LogP contribution in [0.4, 0.5) is 0 Å². The molecular weight excluding hydrogens is 607 g/mol. The summed E-state index contributed by atoms with van der Waals surface area (Å²) < 4.78 is 6.14. The van der Waals surface area contributed by atoms with Crippen molar-refractivity contribution in [2.24, 2.45) is 0 Å². The van der Waals surface area contributed by atoms with Crippen molar-refractivity contribution in [2.45, 2.75) is 19.3 Å². The molecule has 1 aliphatic rings. The molecule has 0 atom stereocenters. The van der Waals surface area contributed by atoms with Crippen LogP contribution in [0.5, 0.6) is 0 Å². The predicted octanol–water partition coefficient (Wildman–Crippen LogP) is 13.1. The number of benzene rings is 8. The van der Waals surface area contributed by atoms with Crippen molar-refractivity contribution in [3.05, 3.63) is 175 Å². The molecular formula is C48H33NO. The Bertz CT molecular complexity index is 2740. The molecule has 236 valence electrons. The molecule has 0 N–H and O–H groups in total. The standard InChI is InChI=1S/C48H33NO/c1-48(2)41-20-9-8-17-35(41)38-28-39-40(29-42(38)48)46(34-16-12-15-33(27-34)30-13-4-3-5-14-30)37-19-7-6-18-36(37)45(39)31-23-25-32(26-24-31)47-49-43-21-10-11-22-44(43)50-47/h3-29H,1-2H3. The summed E-state index contributed by atoms with van der Waals surface area (Å²) in [6.07, 6.45) is 0. The number of para-hydroxylation sites is 2. The Hall–Kier alpha value is -6.25. The lowest BCUT2D eigenvalue weighted by Crippen LogP contribution is -2.14. The molecule has 0 amide bonds. The van der Waals surface area contributed by atoms with Gasteiger partial charge in [0.2, 0.25) is 5.89 Å². The van der Waals surface area contributed by atoms with Gasteiger partial charge in [-0.05, 0) is 120 Å². The highest BCUT2D eigenvalue weighted by Crippen LogP contribution is 2.53. The van der Waals surface area contributed by atoms with Crippen molar-refractivity contribution in [1.29, 1.82) is 0 Å². The van der Waals surface area contributed by atoms with E-state index in [4.69, 9.17) is 9.40 Å². The molecule has 10 rings (SSSR count). The molecule has 1 aromatic heterocycles. The van der Waals surface area contributed by atoms with Gasteiger partial charge < -0.3 is 4.42 Å². The van der Waals surface area contributed by atoms with E-state index in [1.54, 1.807) is 0 Å². The summed E-state index contributed by atoms with van der Waals surface area (Å²) in [7, 11) is 0. The average molecular weight is 640 g/mol. The largest absolute Gasteiger partial charge is 0.436 e. The van der Waals surface area contributed by atoms with Gasteiger partial charge in [0.05, 0.1) is 0 Å². The van der Waals surface area contributed by atoms with E-state index in [0.29, 0.717) is 5.89 Å². The summed E-state index contributed by atoms with van der Waals surface area (Å²) in [5.41, 5.74) is 15.3. The fourth-order valence-electron chi connectivity index (χ4n) is 8.25. The minimum absolute atomic E-state index is 0.115. The van der Waals surface area contributed by atoms with Crippen LogP contribution in [0.15, 0.2) is 168 Å². The van der Waals surface area contributed by atoms with Gasteiger partial charge in [-0.15, -0.1) is 0 Å². The summed E-state index contributed by atoms with van der Waals surface area (Å²) in [6.45, 7) is 4.73. The molecule has 0 radical (unpaired) electrons. The third-order valence-corrected chi connectivity index (χ3v) is 10.7. The predicted molar refractivity (Wildman–Crippen MR) is 208 cm³/mol. The van der Waals surface area contributed by atoms with Crippen molar-refractivity contribution in [3.8, 4) is 56.0 Å². The highest BCUT2D eigenvalue weighted by Gasteiger charge is 2.36. The van der Waals surface area contributed by atoms with Gasteiger partial charge in [-0.3, -0.25) is 0 Å². The molecule has 0 unspecified atom stereocenters. The van der Waals surface area contributed by atoms with Gasteiger partial charge in [0.15, 0.2) is 5.58 Å². The van der Waals surface area contributed by atoms with E-state index in [1.165, 1.54) is 77.2 Å². The normalized spacial score (nSPS) is 13.2. The monoisotopic (exact) mass is 639 g/mol. The second-order valence-electron chi connectivity index (χ2n) is 13.9. The third kappa shape index (κ3) is 4.32. The first-order chi connectivity index (χ1) is 24.5. The first-order valence-electron chi connectivity index (χ1n) is 17.3. The summed E-state index contributed by atoms with van der Waals surface area (Å²) in [6, 6.07) is 59.2. The second-order valence-corrected chi connectivity index (χ2v) is 13.9. The zero-order valence-corrected chi connectivity index (χ0v) is 27.9. The third-order valence-electron chi connectivity index (χ3n) is 10.7. The van der Waals surface area contributed by atoms with E-state index < -0.39 is 0 Å². The maximum atomic E-state index is 6.14. The Kier molecular flexibility index (Phi) is 6.25. The number of hydrogen-bond acceptors (Lipinski definition) is 2. The molecule has 0 fully saturated rings. The zero-order valence-electron chi connectivity index (χ0n) is 27.9. The van der Waals surface area contributed by atoms with E-state index >= 15 is 0 Å². The van der Waals surface area contributed by atoms with Gasteiger partial charge in [-0.1, -0.05) is 135 Å². The summed E-state index contributed by atoms with van der Waals surface area (Å²) in [5, 5.41) is 5.01. The SMILES string of the molecule is CC1(C)c2ccccc2-c2cc3c(-c4ccc(-c5nc6ccccc6o5)cc4)c4ccccc4c(-c4cccc(-c5ccccc5)c4)c3cc21. The fourth-order valence-corrected chi connectivity index (χ4v) is 8.25. The van der Waals surface area contributed by atoms with Crippen LogP contribution in [0.3, 0.4) is 0 Å². The summed E-state index contributed by atoms with van der Waals surface area (Å²) in [4.78, 5) is 4.77. The van der Waals surface area contributed by atoms with Crippen LogP contribution in [0.25, 0.3) is 88.6 Å². The lowest BCUT2D eigenvalue weighted by Gasteiger charge is -2.24. The maximum absolute atomic E-state index is 6.14. The van der Waals surface area contributed by atoms with Gasteiger partial charge in [0.1, 0.15) is 5.52 Å². The highest BCUT2D eigenvalue weighted by molar-refractivity contribution is 6.22. The van der Waals surface area contributed by atoms with Crippen LogP contribution >= 0.6 is 0 Å². The van der Waals surface area contributed by atoms with Crippen molar-refractivity contribution < 1.29 is 4.42 Å². The Morgan fingerprint density at radius 3 is 1.84 bits per heavy atom. The van der Waals surface area contributed by atoms with Gasteiger partial charge in [0.25, 0.3) is 0 Å². The Morgan fingerprint density at radius 1 is 0.420 bits per heavy atom. The topological polar surface area (TPSA) is 26.0 Å². The first kappa shape index (κ1) is 28.7. The highest BCUT2D eigenvalue weighted by atomic mass is 16.3. The molecule has 2 heteroatoms. The number of fused-ring (bicyclic) bond motifs is 6. The van der Waals surface area contributed by atoms with Crippen molar-refractivity contribution in [2.75, 3.05) is 0 Å². The van der Waals surface area contributed by atoms with Gasteiger partial charge >= 0.3 is 0 Å². The lowest BCUT2D eigenvalue weighted by molar-refractivity contribution is 0.620. The molecule has 9 aromatic rings. The summed E-state index contributed by atoms with van der Waals surface area (Å²) in [5.74, 6) is 0.637. The molecule has 0 spiro atoms. The fraction of sp³-hybridized carbons (Fsp3) is 0.0625. The van der Waals surface area contributed by atoms with Crippen LogP contribution in [-0.2, 0) is 5.41 Å². The number of rotatable bonds is 4. The Labute approximate surface area is 291 Å². The molecule has 0 saturated heterocycles. The number of hydrogen-bond donors (Lipinski definition) is 0. The number of oxazole rings is 1. The van der Waals surface area contributed by atoms with Crippen molar-refractivity contribution in [3.63, 3.8) is 0 Å². The van der Waals surface area contributed by atoms with Crippen LogP contribution in [-0.4, -0.2) is 4.98 Å². The molecule has 1 heterocycles. The molecule has 0 bridgehead atoms. The van der Waals surface area contributed by atoms with Crippen molar-refractivity contribution >= 4 is 32.6 Å². The van der Waals surface area contributed by atoms with E-state index in [1.807, 2.05) is 24.3 Å². The van der Waals surface area contributed by atoms with E-state index in [9.17, 15) is 0 Å². The molecule has 2 nitrogen and oxygen atoms in total. The van der Waals surface area contributed by atoms with E-state index in [-0.39, 0.29) is 5.41 Å². The molecule has 8 aromatic carbocycles. The van der Waals surface area contributed by atoms with Crippen LogP contribution in [0.1, 0.15) is 25.0 Å². The minimum Gasteiger partial charge on any atom is -0.436 e. The minimum atomic E-state index is -0.115. The smallest absolute Gasteiger partial charge is 0.227 e. The summed E-state index contributed by atoms with van der Waals surface area (Å²) >= 11 is 0. The number of nitrogens with zero attached hydrogens (tertiary/aromatic N) is 1. The molecule has 0 saturated carbocycles. The quantitative estimate of drug-likeness (QED) is 0.179. The molecule has 1 aliphatic carbocycles. The van der Waals surface area contributed by atoms with E-state index in [0.717, 1.165) is 16.7 Å². The molecule has 0 aliphatic heterocycles. The van der Waals surface area contributed by atoms with Crippen LogP contribution in [0.2, 0.25) is 0 Å². The molecule has 50 heavy (non-hydrogen) atoms. The average Bonchev–Trinajstić information content (AvgIpc) is 3.70. The Morgan fingerprint density at radius 2 is 1.04 bits per heavy atom. The Balaban J connectivity index is 1.26. The van der Waals surface area contributed by atoms with Gasteiger partial charge in [-0.2, -0.15) is 0 Å². The van der Waals surface area contributed by atoms with Crippen LogP contribution in [0, 0.1) is 0 Å². The van der Waals surface area contributed by atoms with Gasteiger partial charge in [-0.25, -0.2) is 4.98 Å². The second kappa shape index (κ2) is 10.9. The number of aromatic nitrogens is 1. The zero-order chi connectivity index (χ0) is 33.4. The van der Waals surface area contributed by atoms with Crippen molar-refractivity contribution in [1.82, 2.24) is 4.98 Å². The maximum Gasteiger partial charge on any atom is 0.227 e. The van der Waals surface area contributed by atoms with Crippen LogP contribution < -0.4 is 0 Å². The lowest BCUT2D eigenvalue weighted by atomic mass is 9.79. The first-order valence-corrected chi connectivity index (χ1v) is 17.3. The van der Waals surface area contributed by atoms with Gasteiger partial charge in [0, 0.05) is 11.0 Å².